The standard InChI is InChI=1S/C82H160O17P2/c1-6-9-12-15-18-21-24-27-28-29-30-31-32-33-36-43-48-53-58-63-68-82(87)99-78(72-93-80(85)66-61-56-51-46-41-38-37-39-44-49-54-59-64-75(4)5)74-97-101(90,91)95-70-76(83)69-94-100(88,89)96-73-77(98-81(86)67-62-57-52-47-42-35-26-23-20-17-14-11-8-3)71-92-79(84)65-60-55-50-45-40-34-25-22-19-16-13-10-7-2/h75-78,83H,6-74H2,1-5H3,(H,88,89)(H,90,91)/t76-,77+,78+/m0/s1. The van der Waals surface area contributed by atoms with Crippen LogP contribution in [0.2, 0.25) is 0 Å². The minimum Gasteiger partial charge on any atom is -0.462 e. The van der Waals surface area contributed by atoms with Crippen LogP contribution in [-0.2, 0) is 65.4 Å². The van der Waals surface area contributed by atoms with E-state index in [2.05, 4.69) is 34.6 Å². The second kappa shape index (κ2) is 74.9. The van der Waals surface area contributed by atoms with Gasteiger partial charge in [-0.3, -0.25) is 37.3 Å². The van der Waals surface area contributed by atoms with Crippen molar-refractivity contribution in [1.82, 2.24) is 0 Å². The maximum Gasteiger partial charge on any atom is 0.472 e. The number of phosphoric ester groups is 2. The Balaban J connectivity index is 5.24. The van der Waals surface area contributed by atoms with Crippen LogP contribution in [0, 0.1) is 5.92 Å². The van der Waals surface area contributed by atoms with Crippen LogP contribution < -0.4 is 0 Å². The molecule has 0 amide bonds. The summed E-state index contributed by atoms with van der Waals surface area (Å²) in [6.45, 7) is 7.36. The fourth-order valence-corrected chi connectivity index (χ4v) is 14.3. The van der Waals surface area contributed by atoms with E-state index in [4.69, 9.17) is 37.0 Å². The fraction of sp³-hybridized carbons (Fsp3) is 0.951. The summed E-state index contributed by atoms with van der Waals surface area (Å²) in [5.41, 5.74) is 0. The summed E-state index contributed by atoms with van der Waals surface area (Å²) in [4.78, 5) is 73.1. The highest BCUT2D eigenvalue weighted by atomic mass is 31.2. The molecule has 0 heterocycles. The molecule has 0 aromatic rings. The largest absolute Gasteiger partial charge is 0.472 e. The number of aliphatic hydroxyl groups is 1. The summed E-state index contributed by atoms with van der Waals surface area (Å²) in [6.07, 6.45) is 66.5. The predicted molar refractivity (Wildman–Crippen MR) is 414 cm³/mol. The third kappa shape index (κ3) is 76.1. The van der Waals surface area contributed by atoms with E-state index in [0.717, 1.165) is 95.8 Å². The van der Waals surface area contributed by atoms with E-state index in [1.54, 1.807) is 0 Å². The first-order chi connectivity index (χ1) is 49.0. The molecule has 0 aromatic carbocycles. The second-order valence-electron chi connectivity index (χ2n) is 30.0. The van der Waals surface area contributed by atoms with Crippen molar-refractivity contribution in [3.8, 4) is 0 Å². The number of esters is 4. The number of phosphoric acid groups is 2. The summed E-state index contributed by atoms with van der Waals surface area (Å²) in [5, 5.41) is 10.7. The first-order valence-corrected chi connectivity index (χ1v) is 45.6. The number of ether oxygens (including phenoxy) is 4. The van der Waals surface area contributed by atoms with Gasteiger partial charge in [-0.15, -0.1) is 0 Å². The summed E-state index contributed by atoms with van der Waals surface area (Å²) in [5.74, 6) is -1.32. The van der Waals surface area contributed by atoms with Crippen molar-refractivity contribution in [3.63, 3.8) is 0 Å². The topological polar surface area (TPSA) is 237 Å². The zero-order valence-corrected chi connectivity index (χ0v) is 67.8. The van der Waals surface area contributed by atoms with E-state index < -0.39 is 97.5 Å². The number of rotatable bonds is 82. The van der Waals surface area contributed by atoms with Crippen molar-refractivity contribution in [2.45, 2.75) is 457 Å². The fourth-order valence-electron chi connectivity index (χ4n) is 12.8. The molecule has 0 saturated heterocycles. The smallest absolute Gasteiger partial charge is 0.462 e. The van der Waals surface area contributed by atoms with Crippen molar-refractivity contribution in [3.05, 3.63) is 0 Å². The van der Waals surface area contributed by atoms with Crippen molar-refractivity contribution in [1.29, 1.82) is 0 Å². The van der Waals surface area contributed by atoms with Crippen LogP contribution in [0.4, 0.5) is 0 Å². The van der Waals surface area contributed by atoms with Crippen molar-refractivity contribution >= 4 is 39.5 Å². The van der Waals surface area contributed by atoms with Crippen LogP contribution >= 0.6 is 15.6 Å². The molecule has 0 bridgehead atoms. The molecule has 0 rings (SSSR count). The zero-order valence-electron chi connectivity index (χ0n) is 66.1. The molecule has 600 valence electrons. The lowest BCUT2D eigenvalue weighted by Crippen LogP contribution is -2.30. The summed E-state index contributed by atoms with van der Waals surface area (Å²) >= 11 is 0. The molecule has 0 radical (unpaired) electrons. The average molecular weight is 1480 g/mol. The van der Waals surface area contributed by atoms with Crippen molar-refractivity contribution < 1.29 is 80.2 Å². The molecule has 0 saturated carbocycles. The Morgan fingerprint density at radius 3 is 0.673 bits per heavy atom. The first-order valence-electron chi connectivity index (χ1n) is 42.6. The van der Waals surface area contributed by atoms with Gasteiger partial charge in [0.05, 0.1) is 26.4 Å². The van der Waals surface area contributed by atoms with E-state index in [9.17, 15) is 43.2 Å². The van der Waals surface area contributed by atoms with Crippen LogP contribution in [0.25, 0.3) is 0 Å². The summed E-state index contributed by atoms with van der Waals surface area (Å²) < 4.78 is 68.8. The highest BCUT2D eigenvalue weighted by Gasteiger charge is 2.30. The number of aliphatic hydroxyl groups excluding tert-OH is 1. The van der Waals surface area contributed by atoms with Gasteiger partial charge < -0.3 is 33.8 Å². The molecule has 0 aromatic heterocycles. The Hall–Kier alpha value is -1.94. The van der Waals surface area contributed by atoms with Crippen LogP contribution in [-0.4, -0.2) is 96.7 Å². The van der Waals surface area contributed by atoms with E-state index in [-0.39, 0.29) is 25.7 Å². The van der Waals surface area contributed by atoms with Gasteiger partial charge in [0.15, 0.2) is 12.2 Å². The van der Waals surface area contributed by atoms with E-state index in [0.29, 0.717) is 25.7 Å². The molecule has 3 N–H and O–H groups in total. The maximum atomic E-state index is 13.1. The number of carbonyl (C=O) groups is 4. The number of carbonyl (C=O) groups excluding carboxylic acids is 4. The number of unbranched alkanes of at least 4 members (excludes halogenated alkanes) is 54. The average Bonchev–Trinajstić information content (AvgIpc) is 0.920. The van der Waals surface area contributed by atoms with Crippen LogP contribution in [0.3, 0.4) is 0 Å². The van der Waals surface area contributed by atoms with Gasteiger partial charge in [-0.25, -0.2) is 9.13 Å². The second-order valence-corrected chi connectivity index (χ2v) is 32.9. The van der Waals surface area contributed by atoms with Gasteiger partial charge in [-0.05, 0) is 31.6 Å². The minimum atomic E-state index is -4.96. The molecule has 0 aliphatic carbocycles. The Bertz CT molecular complexity index is 1930. The van der Waals surface area contributed by atoms with E-state index in [1.165, 1.54) is 263 Å². The van der Waals surface area contributed by atoms with Crippen molar-refractivity contribution in [2.75, 3.05) is 39.6 Å². The molecule has 0 fully saturated rings. The SMILES string of the molecule is CCCCCCCCCCCCCCCCCCCCCCC(=O)O[C@H](COC(=O)CCCCCCCCCCCCCCC(C)C)COP(=O)(O)OC[C@@H](O)COP(=O)(O)OC[C@@H](COC(=O)CCCCCCCCCCCCCCC)OC(=O)CCCCCCCCCCCCCCC. The van der Waals surface area contributed by atoms with Gasteiger partial charge in [-0.2, -0.15) is 0 Å². The van der Waals surface area contributed by atoms with E-state index >= 15 is 0 Å². The normalized spacial score (nSPS) is 13.8. The quantitative estimate of drug-likeness (QED) is 0.0222. The first kappa shape index (κ1) is 99.1. The molecule has 0 aliphatic rings. The molecular formula is C82H160O17P2. The Labute approximate surface area is 619 Å². The summed E-state index contributed by atoms with van der Waals surface area (Å²) in [7, 11) is -9.92. The van der Waals surface area contributed by atoms with Gasteiger partial charge in [0.25, 0.3) is 0 Å². The Kier molecular flexibility index (Phi) is 73.5. The predicted octanol–water partition coefficient (Wildman–Crippen LogP) is 24.8. The van der Waals surface area contributed by atoms with Crippen LogP contribution in [0.15, 0.2) is 0 Å². The highest BCUT2D eigenvalue weighted by molar-refractivity contribution is 7.47. The van der Waals surface area contributed by atoms with Crippen LogP contribution in [0.5, 0.6) is 0 Å². The summed E-state index contributed by atoms with van der Waals surface area (Å²) in [6, 6.07) is 0. The molecule has 5 atom stereocenters. The molecule has 19 heteroatoms. The van der Waals surface area contributed by atoms with Crippen molar-refractivity contribution in [2.24, 2.45) is 5.92 Å². The molecule has 0 aliphatic heterocycles. The van der Waals surface area contributed by atoms with E-state index in [1.807, 2.05) is 0 Å². The van der Waals surface area contributed by atoms with Gasteiger partial charge >= 0.3 is 39.5 Å². The lowest BCUT2D eigenvalue weighted by atomic mass is 10.0. The highest BCUT2D eigenvalue weighted by Crippen LogP contribution is 2.45. The maximum absolute atomic E-state index is 13.1. The number of hydrogen-bond donors (Lipinski definition) is 3. The van der Waals surface area contributed by atoms with Gasteiger partial charge in [0, 0.05) is 25.7 Å². The molecular weight excluding hydrogens is 1320 g/mol. The monoisotopic (exact) mass is 1480 g/mol. The molecule has 17 nitrogen and oxygen atoms in total. The molecule has 101 heavy (non-hydrogen) atoms. The number of hydrogen-bond acceptors (Lipinski definition) is 15. The van der Waals surface area contributed by atoms with Gasteiger partial charge in [-0.1, -0.05) is 388 Å². The third-order valence-electron chi connectivity index (χ3n) is 19.3. The Morgan fingerprint density at radius 2 is 0.455 bits per heavy atom. The lowest BCUT2D eigenvalue weighted by Gasteiger charge is -2.21. The van der Waals surface area contributed by atoms with Gasteiger partial charge in [0.2, 0.25) is 0 Å². The zero-order chi connectivity index (χ0) is 74.1. The molecule has 2 unspecified atom stereocenters. The minimum absolute atomic E-state index is 0.108. The Morgan fingerprint density at radius 1 is 0.267 bits per heavy atom. The third-order valence-corrected chi connectivity index (χ3v) is 21.2. The lowest BCUT2D eigenvalue weighted by molar-refractivity contribution is -0.161. The van der Waals surface area contributed by atoms with Gasteiger partial charge in [0.1, 0.15) is 19.3 Å². The van der Waals surface area contributed by atoms with Crippen LogP contribution in [0.1, 0.15) is 439 Å². The molecule has 0 spiro atoms.